The summed E-state index contributed by atoms with van der Waals surface area (Å²) in [4.78, 5) is 0. The molecule has 124 valence electrons. The Kier molecular flexibility index (Phi) is 12.7. The second-order valence-corrected chi connectivity index (χ2v) is 6.46. The first-order valence-electron chi connectivity index (χ1n) is 7.49. The third-order valence-electron chi connectivity index (χ3n) is 3.52. The zero-order valence-corrected chi connectivity index (χ0v) is 14.4. The Bertz CT molecular complexity index is 313. The van der Waals surface area contributed by atoms with Gasteiger partial charge in [-0.05, 0) is 26.2 Å². The van der Waals surface area contributed by atoms with E-state index in [1.165, 1.54) is 19.3 Å². The summed E-state index contributed by atoms with van der Waals surface area (Å²) >= 11 is 0. The highest BCUT2D eigenvalue weighted by atomic mass is 32.3. The summed E-state index contributed by atoms with van der Waals surface area (Å²) in [6.07, 6.45) is 7.87. The van der Waals surface area contributed by atoms with Crippen molar-refractivity contribution in [2.75, 3.05) is 6.61 Å². The summed E-state index contributed by atoms with van der Waals surface area (Å²) in [5, 5.41) is 0. The van der Waals surface area contributed by atoms with Crippen LogP contribution in [0.15, 0.2) is 0 Å². The first-order chi connectivity index (χ1) is 8.89. The molecule has 0 bridgehead atoms. The fraction of sp³-hybridized carbons (Fsp3) is 1.00. The number of rotatable bonds is 12. The van der Waals surface area contributed by atoms with Crippen LogP contribution >= 0.6 is 0 Å². The minimum Gasteiger partial charge on any atom is -0.344 e. The molecule has 0 aromatic heterocycles. The normalized spacial score (nSPS) is 12.2. The molecular weight excluding hydrogens is 278 g/mol. The van der Waals surface area contributed by atoms with Crippen LogP contribution in [-0.4, -0.2) is 20.6 Å². The van der Waals surface area contributed by atoms with Crippen molar-refractivity contribution in [3.8, 4) is 0 Å². The van der Waals surface area contributed by atoms with E-state index in [4.69, 9.17) is 8.37 Å². The van der Waals surface area contributed by atoms with Gasteiger partial charge >= 0.3 is 10.4 Å². The topological polar surface area (TPSA) is 87.6 Å². The van der Waals surface area contributed by atoms with Crippen molar-refractivity contribution in [1.29, 1.82) is 0 Å². The van der Waals surface area contributed by atoms with Crippen LogP contribution in [0.1, 0.15) is 79.1 Å². The molecule has 3 N–H and O–H groups in total. The Morgan fingerprint density at radius 3 is 1.90 bits per heavy atom. The maximum atomic E-state index is 11.7. The molecule has 0 atom stereocenters. The number of hydrogen-bond acceptors (Lipinski definition) is 5. The first kappa shape index (κ1) is 22.1. The SMILES string of the molecule is CCCCCCCCOS(=O)(=O)OC(C)(CC)CC.N. The minimum absolute atomic E-state index is 0. The van der Waals surface area contributed by atoms with Crippen LogP contribution in [0, 0.1) is 0 Å². The van der Waals surface area contributed by atoms with Crippen LogP contribution in [0.25, 0.3) is 0 Å². The van der Waals surface area contributed by atoms with Gasteiger partial charge in [-0.1, -0.05) is 52.9 Å². The molecule has 0 saturated heterocycles. The van der Waals surface area contributed by atoms with Crippen molar-refractivity contribution in [3.05, 3.63) is 0 Å². The van der Waals surface area contributed by atoms with Gasteiger partial charge in [0.25, 0.3) is 0 Å². The molecule has 0 spiro atoms. The highest BCUT2D eigenvalue weighted by Crippen LogP contribution is 2.22. The van der Waals surface area contributed by atoms with E-state index >= 15 is 0 Å². The second-order valence-electron chi connectivity index (χ2n) is 5.24. The summed E-state index contributed by atoms with van der Waals surface area (Å²) < 4.78 is 33.3. The third kappa shape index (κ3) is 10.6. The Balaban J connectivity index is 0. The van der Waals surface area contributed by atoms with E-state index in [0.717, 1.165) is 19.3 Å². The summed E-state index contributed by atoms with van der Waals surface area (Å²) in [7, 11) is -3.86. The average Bonchev–Trinajstić information content (AvgIpc) is 2.37. The van der Waals surface area contributed by atoms with Crippen molar-refractivity contribution in [3.63, 3.8) is 0 Å². The molecule has 6 heteroatoms. The van der Waals surface area contributed by atoms with Crippen molar-refractivity contribution in [1.82, 2.24) is 6.15 Å². The molecule has 0 heterocycles. The molecule has 0 aliphatic carbocycles. The predicted octanol–water partition coefficient (Wildman–Crippen LogP) is 4.37. The van der Waals surface area contributed by atoms with Crippen molar-refractivity contribution < 1.29 is 16.8 Å². The maximum Gasteiger partial charge on any atom is 0.400 e. The van der Waals surface area contributed by atoms with Gasteiger partial charge in [0.05, 0.1) is 12.2 Å². The van der Waals surface area contributed by atoms with Crippen LogP contribution in [0.3, 0.4) is 0 Å². The molecule has 0 aromatic rings. The predicted molar refractivity (Wildman–Crippen MR) is 83.3 cm³/mol. The number of unbranched alkanes of at least 4 members (excludes halogenated alkanes) is 5. The lowest BCUT2D eigenvalue weighted by atomic mass is 10.0. The smallest absolute Gasteiger partial charge is 0.344 e. The van der Waals surface area contributed by atoms with E-state index in [2.05, 4.69) is 6.92 Å². The summed E-state index contributed by atoms with van der Waals surface area (Å²) in [6.45, 7) is 8.00. The standard InChI is InChI=1S/C14H30O4S.H3N/c1-5-8-9-10-11-12-13-17-19(15,16)18-14(4,6-2)7-3;/h5-13H2,1-4H3;1H3. The van der Waals surface area contributed by atoms with E-state index in [0.29, 0.717) is 12.8 Å². The molecular formula is C14H33NO4S. The molecule has 0 fully saturated rings. The number of hydrogen-bond donors (Lipinski definition) is 1. The Labute approximate surface area is 125 Å². The van der Waals surface area contributed by atoms with Gasteiger partial charge < -0.3 is 6.15 Å². The minimum atomic E-state index is -3.86. The Morgan fingerprint density at radius 1 is 0.900 bits per heavy atom. The molecule has 0 unspecified atom stereocenters. The van der Waals surface area contributed by atoms with E-state index in [-0.39, 0.29) is 12.8 Å². The maximum absolute atomic E-state index is 11.7. The lowest BCUT2D eigenvalue weighted by molar-refractivity contribution is 0.0623. The highest BCUT2D eigenvalue weighted by Gasteiger charge is 2.28. The fourth-order valence-electron chi connectivity index (χ4n) is 1.68. The van der Waals surface area contributed by atoms with Crippen molar-refractivity contribution >= 4 is 10.4 Å². The van der Waals surface area contributed by atoms with Gasteiger partial charge in [-0.15, -0.1) is 0 Å². The van der Waals surface area contributed by atoms with Gasteiger partial charge in [-0.25, -0.2) is 8.37 Å². The molecule has 5 nitrogen and oxygen atoms in total. The van der Waals surface area contributed by atoms with Crippen LogP contribution in [0.4, 0.5) is 0 Å². The van der Waals surface area contributed by atoms with Gasteiger partial charge in [-0.2, -0.15) is 8.42 Å². The summed E-state index contributed by atoms with van der Waals surface area (Å²) in [5.41, 5.74) is -0.653. The average molecular weight is 311 g/mol. The first-order valence-corrected chi connectivity index (χ1v) is 8.82. The summed E-state index contributed by atoms with van der Waals surface area (Å²) in [6, 6.07) is 0. The zero-order valence-electron chi connectivity index (χ0n) is 13.6. The van der Waals surface area contributed by atoms with Gasteiger partial charge in [-0.3, -0.25) is 0 Å². The zero-order chi connectivity index (χ0) is 14.8. The van der Waals surface area contributed by atoms with Crippen molar-refractivity contribution in [2.45, 2.75) is 84.7 Å². The molecule has 0 aliphatic rings. The molecule has 0 saturated carbocycles. The van der Waals surface area contributed by atoms with Gasteiger partial charge in [0.1, 0.15) is 0 Å². The van der Waals surface area contributed by atoms with E-state index in [1.807, 2.05) is 13.8 Å². The molecule has 0 radical (unpaired) electrons. The monoisotopic (exact) mass is 311 g/mol. The highest BCUT2D eigenvalue weighted by molar-refractivity contribution is 7.81. The third-order valence-corrected chi connectivity index (χ3v) is 4.59. The summed E-state index contributed by atoms with van der Waals surface area (Å²) in [5.74, 6) is 0. The van der Waals surface area contributed by atoms with Crippen LogP contribution in [0.5, 0.6) is 0 Å². The van der Waals surface area contributed by atoms with Crippen LogP contribution in [0.2, 0.25) is 0 Å². The molecule has 0 aromatic carbocycles. The van der Waals surface area contributed by atoms with E-state index in [9.17, 15) is 8.42 Å². The lowest BCUT2D eigenvalue weighted by Gasteiger charge is -2.25. The second kappa shape index (κ2) is 11.5. The van der Waals surface area contributed by atoms with Gasteiger partial charge in [0, 0.05) is 0 Å². The van der Waals surface area contributed by atoms with Crippen LogP contribution < -0.4 is 6.15 Å². The van der Waals surface area contributed by atoms with E-state index in [1.54, 1.807) is 6.92 Å². The largest absolute Gasteiger partial charge is 0.400 e. The van der Waals surface area contributed by atoms with Crippen molar-refractivity contribution in [2.24, 2.45) is 0 Å². The molecule has 20 heavy (non-hydrogen) atoms. The quantitative estimate of drug-likeness (QED) is 0.541. The molecule has 0 rings (SSSR count). The Hall–Kier alpha value is -0.170. The van der Waals surface area contributed by atoms with Crippen LogP contribution in [-0.2, 0) is 18.8 Å². The lowest BCUT2D eigenvalue weighted by Crippen LogP contribution is -2.31. The van der Waals surface area contributed by atoms with Gasteiger partial charge in [0.2, 0.25) is 0 Å². The molecule has 0 aliphatic heterocycles. The molecule has 0 amide bonds. The van der Waals surface area contributed by atoms with Gasteiger partial charge in [0.15, 0.2) is 0 Å². The Morgan fingerprint density at radius 2 is 1.40 bits per heavy atom. The fourth-order valence-corrected chi connectivity index (χ4v) is 2.78. The van der Waals surface area contributed by atoms with E-state index < -0.39 is 16.0 Å².